The summed E-state index contributed by atoms with van der Waals surface area (Å²) >= 11 is 0. The molecule has 1 aromatic carbocycles. The zero-order valence-electron chi connectivity index (χ0n) is 14.0. The van der Waals surface area contributed by atoms with Gasteiger partial charge in [0.05, 0.1) is 6.26 Å². The first kappa shape index (κ1) is 17.3. The van der Waals surface area contributed by atoms with Gasteiger partial charge in [0.25, 0.3) is 0 Å². The summed E-state index contributed by atoms with van der Waals surface area (Å²) < 4.78 is 24.6. The van der Waals surface area contributed by atoms with Crippen molar-refractivity contribution in [2.75, 3.05) is 24.7 Å². The van der Waals surface area contributed by atoms with Crippen molar-refractivity contribution < 1.29 is 8.42 Å². The molecule has 0 spiro atoms. The second kappa shape index (κ2) is 7.01. The molecule has 0 aliphatic carbocycles. The molecular formula is C17H28N2O2S. The van der Waals surface area contributed by atoms with Crippen LogP contribution in [0.4, 0.5) is 5.69 Å². The Bertz CT molecular complexity index is 573. The van der Waals surface area contributed by atoms with Gasteiger partial charge in [0, 0.05) is 24.8 Å². The first-order chi connectivity index (χ1) is 10.3. The number of nitrogens with one attached hydrogen (secondary N) is 1. The minimum absolute atomic E-state index is 0.353. The third kappa shape index (κ3) is 4.46. The van der Waals surface area contributed by atoms with Crippen molar-refractivity contribution in [1.82, 2.24) is 4.31 Å². The van der Waals surface area contributed by atoms with Crippen molar-refractivity contribution in [1.29, 1.82) is 0 Å². The first-order valence-corrected chi connectivity index (χ1v) is 9.94. The van der Waals surface area contributed by atoms with Crippen molar-refractivity contribution in [3.8, 4) is 0 Å². The van der Waals surface area contributed by atoms with Crippen molar-refractivity contribution in [3.05, 3.63) is 29.8 Å². The fraction of sp³-hybridized carbons (Fsp3) is 0.647. The Balaban J connectivity index is 1.90. The molecule has 124 valence electrons. The number of anilines is 1. The predicted molar refractivity (Wildman–Crippen MR) is 92.8 cm³/mol. The number of benzene rings is 1. The van der Waals surface area contributed by atoms with E-state index in [1.54, 1.807) is 4.31 Å². The zero-order valence-corrected chi connectivity index (χ0v) is 14.9. The normalized spacial score (nSPS) is 19.3. The van der Waals surface area contributed by atoms with Gasteiger partial charge in [-0.15, -0.1) is 0 Å². The maximum atomic E-state index is 11.5. The van der Waals surface area contributed by atoms with Crippen LogP contribution in [0, 0.1) is 5.92 Å². The molecule has 5 heteroatoms. The highest BCUT2D eigenvalue weighted by molar-refractivity contribution is 7.88. The van der Waals surface area contributed by atoms with Gasteiger partial charge in [-0.3, -0.25) is 0 Å². The monoisotopic (exact) mass is 324 g/mol. The standard InChI is InChI=1S/C17H28N2O2S/c1-13(2)14(3)15-5-7-16(8-6-15)18-17-9-11-19(12-10-17)22(4,20)21/h5-8,13-14,17-18H,9-12H2,1-4H3. The lowest BCUT2D eigenvalue weighted by atomic mass is 9.90. The van der Waals surface area contributed by atoms with Crippen LogP contribution >= 0.6 is 0 Å². The van der Waals surface area contributed by atoms with E-state index in [1.165, 1.54) is 11.8 Å². The van der Waals surface area contributed by atoms with E-state index in [0.717, 1.165) is 18.5 Å². The summed E-state index contributed by atoms with van der Waals surface area (Å²) in [4.78, 5) is 0. The van der Waals surface area contributed by atoms with Gasteiger partial charge in [0.2, 0.25) is 10.0 Å². The van der Waals surface area contributed by atoms with Crippen LogP contribution in [0.25, 0.3) is 0 Å². The lowest BCUT2D eigenvalue weighted by Gasteiger charge is -2.31. The van der Waals surface area contributed by atoms with Crippen LogP contribution in [0.1, 0.15) is 45.1 Å². The van der Waals surface area contributed by atoms with Gasteiger partial charge in [0.15, 0.2) is 0 Å². The molecule has 1 aromatic rings. The molecule has 1 unspecified atom stereocenters. The molecule has 1 aliphatic rings. The number of hydrogen-bond acceptors (Lipinski definition) is 3. The van der Waals surface area contributed by atoms with E-state index in [1.807, 2.05) is 0 Å². The van der Waals surface area contributed by atoms with Gasteiger partial charge in [0.1, 0.15) is 0 Å². The highest BCUT2D eigenvalue weighted by Crippen LogP contribution is 2.25. The first-order valence-electron chi connectivity index (χ1n) is 8.09. The number of sulfonamides is 1. The molecule has 1 saturated heterocycles. The second-order valence-electron chi connectivity index (χ2n) is 6.74. The van der Waals surface area contributed by atoms with Gasteiger partial charge in [-0.05, 0) is 42.4 Å². The maximum Gasteiger partial charge on any atom is 0.211 e. The Kier molecular flexibility index (Phi) is 5.50. The van der Waals surface area contributed by atoms with Crippen LogP contribution in [0.2, 0.25) is 0 Å². The lowest BCUT2D eigenvalue weighted by molar-refractivity contribution is 0.332. The van der Waals surface area contributed by atoms with Crippen molar-refractivity contribution >= 4 is 15.7 Å². The van der Waals surface area contributed by atoms with Gasteiger partial charge in [-0.25, -0.2) is 12.7 Å². The van der Waals surface area contributed by atoms with Crippen molar-refractivity contribution in [3.63, 3.8) is 0 Å². The minimum atomic E-state index is -3.04. The topological polar surface area (TPSA) is 49.4 Å². The molecule has 1 N–H and O–H groups in total. The molecule has 2 rings (SSSR count). The average Bonchev–Trinajstić information content (AvgIpc) is 2.47. The summed E-state index contributed by atoms with van der Waals surface area (Å²) in [6, 6.07) is 9.01. The lowest BCUT2D eigenvalue weighted by Crippen LogP contribution is -2.41. The largest absolute Gasteiger partial charge is 0.382 e. The van der Waals surface area contributed by atoms with Crippen LogP contribution < -0.4 is 5.32 Å². The molecule has 1 atom stereocenters. The number of piperidine rings is 1. The second-order valence-corrected chi connectivity index (χ2v) is 8.72. The third-order valence-corrected chi connectivity index (χ3v) is 6.03. The summed E-state index contributed by atoms with van der Waals surface area (Å²) in [6.07, 6.45) is 3.00. The van der Waals surface area contributed by atoms with Crippen molar-refractivity contribution in [2.45, 2.75) is 45.6 Å². The van der Waals surface area contributed by atoms with E-state index < -0.39 is 10.0 Å². The van der Waals surface area contributed by atoms with Gasteiger partial charge in [-0.1, -0.05) is 32.9 Å². The van der Waals surface area contributed by atoms with Crippen LogP contribution in [-0.2, 0) is 10.0 Å². The van der Waals surface area contributed by atoms with E-state index in [2.05, 4.69) is 50.4 Å². The summed E-state index contributed by atoms with van der Waals surface area (Å²) in [6.45, 7) is 7.96. The highest BCUT2D eigenvalue weighted by Gasteiger charge is 2.24. The summed E-state index contributed by atoms with van der Waals surface area (Å²) in [5, 5.41) is 3.53. The average molecular weight is 324 g/mol. The molecule has 1 fully saturated rings. The quantitative estimate of drug-likeness (QED) is 0.904. The Morgan fingerprint density at radius 2 is 1.64 bits per heavy atom. The fourth-order valence-electron chi connectivity index (χ4n) is 2.84. The third-order valence-electron chi connectivity index (χ3n) is 4.73. The minimum Gasteiger partial charge on any atom is -0.382 e. The molecule has 0 saturated carbocycles. The maximum absolute atomic E-state index is 11.5. The zero-order chi connectivity index (χ0) is 16.3. The van der Waals surface area contributed by atoms with E-state index >= 15 is 0 Å². The Labute approximate surface area is 135 Å². The van der Waals surface area contributed by atoms with Crippen molar-refractivity contribution in [2.24, 2.45) is 5.92 Å². The Morgan fingerprint density at radius 3 is 2.09 bits per heavy atom. The van der Waals surface area contributed by atoms with E-state index in [9.17, 15) is 8.42 Å². The number of hydrogen-bond donors (Lipinski definition) is 1. The van der Waals surface area contributed by atoms with Gasteiger partial charge < -0.3 is 5.32 Å². The molecule has 4 nitrogen and oxygen atoms in total. The van der Waals surface area contributed by atoms with Crippen LogP contribution in [0.3, 0.4) is 0 Å². The molecule has 0 aromatic heterocycles. The fourth-order valence-corrected chi connectivity index (χ4v) is 3.71. The smallest absolute Gasteiger partial charge is 0.211 e. The van der Waals surface area contributed by atoms with Gasteiger partial charge in [-0.2, -0.15) is 0 Å². The van der Waals surface area contributed by atoms with Crippen LogP contribution in [0.15, 0.2) is 24.3 Å². The Hall–Kier alpha value is -1.07. The highest BCUT2D eigenvalue weighted by atomic mass is 32.2. The van der Waals surface area contributed by atoms with E-state index in [0.29, 0.717) is 31.0 Å². The van der Waals surface area contributed by atoms with E-state index in [4.69, 9.17) is 0 Å². The SMILES string of the molecule is CC(C)C(C)c1ccc(NC2CCN(S(C)(=O)=O)CC2)cc1. The van der Waals surface area contributed by atoms with Gasteiger partial charge >= 0.3 is 0 Å². The van der Waals surface area contributed by atoms with Crippen LogP contribution in [-0.4, -0.2) is 38.1 Å². The number of nitrogens with zero attached hydrogens (tertiary/aromatic N) is 1. The molecule has 22 heavy (non-hydrogen) atoms. The van der Waals surface area contributed by atoms with E-state index in [-0.39, 0.29) is 0 Å². The number of rotatable bonds is 5. The summed E-state index contributed by atoms with van der Waals surface area (Å²) in [5.74, 6) is 1.20. The molecule has 1 aliphatic heterocycles. The molecule has 0 radical (unpaired) electrons. The predicted octanol–water partition coefficient (Wildman–Crippen LogP) is 3.28. The summed E-state index contributed by atoms with van der Waals surface area (Å²) in [7, 11) is -3.04. The molecule has 0 amide bonds. The molecular weight excluding hydrogens is 296 g/mol. The van der Waals surface area contributed by atoms with Crippen LogP contribution in [0.5, 0.6) is 0 Å². The summed E-state index contributed by atoms with van der Waals surface area (Å²) in [5.41, 5.74) is 2.49. The molecule has 1 heterocycles. The molecule has 0 bridgehead atoms. The Morgan fingerprint density at radius 1 is 1.09 bits per heavy atom.